The Hall–Kier alpha value is -0.653. The van der Waals surface area contributed by atoms with Crippen LogP contribution in [0, 0.1) is 0 Å². The average molecular weight is 352 g/mol. The molecular formula is C19H37N3OSi. The quantitative estimate of drug-likeness (QED) is 0.742. The van der Waals surface area contributed by atoms with E-state index in [-0.39, 0.29) is 5.04 Å². The number of hydrogen-bond donors (Lipinski definition) is 1. The van der Waals surface area contributed by atoms with E-state index >= 15 is 0 Å². The zero-order valence-electron chi connectivity index (χ0n) is 16.7. The van der Waals surface area contributed by atoms with Crippen LogP contribution in [0.4, 0.5) is 0 Å². The summed E-state index contributed by atoms with van der Waals surface area (Å²) in [6, 6.07) is 2.99. The number of aromatic nitrogens is 2. The third-order valence-corrected chi connectivity index (χ3v) is 10.2. The smallest absolute Gasteiger partial charge is 0.192 e. The first-order valence-corrected chi connectivity index (χ1v) is 12.5. The van der Waals surface area contributed by atoms with Crippen LogP contribution in [0.2, 0.25) is 18.1 Å². The molecule has 0 aromatic carbocycles. The molecule has 1 aliphatic carbocycles. The molecule has 1 aliphatic rings. The van der Waals surface area contributed by atoms with Gasteiger partial charge in [-0.1, -0.05) is 33.6 Å². The Morgan fingerprint density at radius 2 is 1.96 bits per heavy atom. The molecule has 1 aromatic heterocycles. The van der Waals surface area contributed by atoms with Crippen molar-refractivity contribution in [2.75, 3.05) is 0 Å². The van der Waals surface area contributed by atoms with Gasteiger partial charge in [-0.05, 0) is 50.9 Å². The van der Waals surface area contributed by atoms with Gasteiger partial charge in [-0.25, -0.2) is 0 Å². The monoisotopic (exact) mass is 351 g/mol. The molecule has 0 bridgehead atoms. The van der Waals surface area contributed by atoms with Crippen molar-refractivity contribution in [1.29, 1.82) is 0 Å². The maximum Gasteiger partial charge on any atom is 0.192 e. The lowest BCUT2D eigenvalue weighted by Crippen LogP contribution is -2.51. The fraction of sp³-hybridized carbons (Fsp3) is 0.842. The van der Waals surface area contributed by atoms with Crippen LogP contribution in [0.5, 0.6) is 0 Å². The van der Waals surface area contributed by atoms with Gasteiger partial charge in [-0.3, -0.25) is 4.68 Å². The zero-order valence-corrected chi connectivity index (χ0v) is 17.7. The van der Waals surface area contributed by atoms with Crippen LogP contribution >= 0.6 is 0 Å². The summed E-state index contributed by atoms with van der Waals surface area (Å²) in [4.78, 5) is 0. The van der Waals surface area contributed by atoms with E-state index in [2.05, 4.69) is 68.9 Å². The summed E-state index contributed by atoms with van der Waals surface area (Å²) in [5, 5.41) is 8.49. The zero-order chi connectivity index (χ0) is 18.0. The molecule has 1 aromatic rings. The van der Waals surface area contributed by atoms with Crippen LogP contribution in [-0.4, -0.2) is 30.2 Å². The first kappa shape index (κ1) is 19.7. The Balaban J connectivity index is 2.00. The summed E-state index contributed by atoms with van der Waals surface area (Å²) < 4.78 is 8.87. The minimum Gasteiger partial charge on any atom is -0.412 e. The van der Waals surface area contributed by atoms with E-state index in [0.29, 0.717) is 18.2 Å². The van der Waals surface area contributed by atoms with E-state index in [9.17, 15) is 0 Å². The summed E-state index contributed by atoms with van der Waals surface area (Å²) in [7, 11) is -1.72. The predicted molar refractivity (Wildman–Crippen MR) is 104 cm³/mol. The molecule has 2 atom stereocenters. The van der Waals surface area contributed by atoms with Crippen molar-refractivity contribution in [3.05, 3.63) is 18.0 Å². The summed E-state index contributed by atoms with van der Waals surface area (Å²) in [5.41, 5.74) is 1.27. The van der Waals surface area contributed by atoms with E-state index in [1.165, 1.54) is 31.4 Å². The van der Waals surface area contributed by atoms with E-state index in [4.69, 9.17) is 4.43 Å². The van der Waals surface area contributed by atoms with Crippen LogP contribution in [0.25, 0.3) is 0 Å². The second kappa shape index (κ2) is 7.71. The van der Waals surface area contributed by atoms with E-state index < -0.39 is 8.32 Å². The van der Waals surface area contributed by atoms with Crippen molar-refractivity contribution < 1.29 is 4.43 Å². The maximum atomic E-state index is 6.76. The maximum absolute atomic E-state index is 6.76. The second-order valence-corrected chi connectivity index (χ2v) is 13.8. The highest BCUT2D eigenvalue weighted by Crippen LogP contribution is 2.39. The highest BCUT2D eigenvalue weighted by molar-refractivity contribution is 6.74. The first-order valence-electron chi connectivity index (χ1n) is 9.55. The first-order chi connectivity index (χ1) is 11.1. The minimum absolute atomic E-state index is 0.269. The van der Waals surface area contributed by atoms with Crippen molar-refractivity contribution in [3.8, 4) is 0 Å². The third-order valence-electron chi connectivity index (χ3n) is 5.74. The molecule has 0 unspecified atom stereocenters. The van der Waals surface area contributed by atoms with Crippen LogP contribution in [0.3, 0.4) is 0 Å². The predicted octanol–water partition coefficient (Wildman–Crippen LogP) is 4.89. The fourth-order valence-corrected chi connectivity index (χ4v) is 4.60. The molecule has 0 spiro atoms. The Morgan fingerprint density at radius 1 is 1.29 bits per heavy atom. The summed E-state index contributed by atoms with van der Waals surface area (Å²) in [5.74, 6) is 0. The van der Waals surface area contributed by atoms with E-state index in [1.807, 2.05) is 6.20 Å². The van der Waals surface area contributed by atoms with E-state index in [1.54, 1.807) is 0 Å². The minimum atomic E-state index is -1.72. The average Bonchev–Trinajstić information content (AvgIpc) is 2.93. The number of nitrogens with zero attached hydrogens (tertiary/aromatic N) is 2. The van der Waals surface area contributed by atoms with Crippen molar-refractivity contribution in [3.63, 3.8) is 0 Å². The molecule has 4 nitrogen and oxygen atoms in total. The SMILES string of the molecule is CC(C)n1nccc1CN[C@H]1CCCC[C@@H]1O[Si](C)(C)C(C)(C)C. The third kappa shape index (κ3) is 4.70. The summed E-state index contributed by atoms with van der Waals surface area (Å²) in [6.45, 7) is 16.9. The normalized spacial score (nSPS) is 23.0. The second-order valence-electron chi connectivity index (χ2n) is 9.05. The van der Waals surface area contributed by atoms with Crippen LogP contribution in [0.1, 0.15) is 72.0 Å². The van der Waals surface area contributed by atoms with Crippen molar-refractivity contribution in [2.24, 2.45) is 0 Å². The molecule has 1 fully saturated rings. The molecule has 1 N–H and O–H groups in total. The Labute approximate surface area is 149 Å². The lowest BCUT2D eigenvalue weighted by molar-refractivity contribution is 0.0983. The van der Waals surface area contributed by atoms with Crippen molar-refractivity contribution in [2.45, 2.75) is 103 Å². The summed E-state index contributed by atoms with van der Waals surface area (Å²) >= 11 is 0. The molecule has 0 saturated heterocycles. The molecule has 2 rings (SSSR count). The van der Waals surface area contributed by atoms with Gasteiger partial charge in [0.15, 0.2) is 8.32 Å². The van der Waals surface area contributed by atoms with Gasteiger partial charge in [-0.2, -0.15) is 5.10 Å². The van der Waals surface area contributed by atoms with Crippen LogP contribution in [-0.2, 0) is 11.0 Å². The number of nitrogens with one attached hydrogen (secondary N) is 1. The van der Waals surface area contributed by atoms with Gasteiger partial charge in [0.05, 0.1) is 11.8 Å². The Kier molecular flexibility index (Phi) is 6.32. The van der Waals surface area contributed by atoms with Gasteiger partial charge in [-0.15, -0.1) is 0 Å². The van der Waals surface area contributed by atoms with Gasteiger partial charge in [0.2, 0.25) is 0 Å². The van der Waals surface area contributed by atoms with Gasteiger partial charge in [0, 0.05) is 24.8 Å². The van der Waals surface area contributed by atoms with Gasteiger partial charge in [0.25, 0.3) is 0 Å². The van der Waals surface area contributed by atoms with Crippen LogP contribution < -0.4 is 5.32 Å². The van der Waals surface area contributed by atoms with Gasteiger partial charge in [0.1, 0.15) is 0 Å². The van der Waals surface area contributed by atoms with E-state index in [0.717, 1.165) is 6.54 Å². The Bertz CT molecular complexity index is 519. The fourth-order valence-electron chi connectivity index (χ4n) is 3.21. The standard InChI is InChI=1S/C19H37N3OSi/c1-15(2)22-16(12-13-21-22)14-20-17-10-8-9-11-18(17)23-24(6,7)19(3,4)5/h12-13,15,17-18,20H,8-11,14H2,1-7H3/t17-,18-/m0/s1. The van der Waals surface area contributed by atoms with Gasteiger partial charge < -0.3 is 9.74 Å². The van der Waals surface area contributed by atoms with Crippen molar-refractivity contribution >= 4 is 8.32 Å². The molecule has 1 saturated carbocycles. The largest absolute Gasteiger partial charge is 0.412 e. The number of hydrogen-bond acceptors (Lipinski definition) is 3. The molecule has 24 heavy (non-hydrogen) atoms. The highest BCUT2D eigenvalue weighted by Gasteiger charge is 2.41. The highest BCUT2D eigenvalue weighted by atomic mass is 28.4. The van der Waals surface area contributed by atoms with Crippen molar-refractivity contribution in [1.82, 2.24) is 15.1 Å². The molecule has 5 heteroatoms. The lowest BCUT2D eigenvalue weighted by Gasteiger charge is -2.43. The lowest BCUT2D eigenvalue weighted by atomic mass is 9.92. The van der Waals surface area contributed by atoms with Crippen LogP contribution in [0.15, 0.2) is 12.3 Å². The molecule has 0 amide bonds. The molecule has 1 heterocycles. The Morgan fingerprint density at radius 3 is 2.58 bits per heavy atom. The summed E-state index contributed by atoms with van der Waals surface area (Å²) in [6.07, 6.45) is 7.26. The molecule has 0 radical (unpaired) electrons. The number of rotatable bonds is 6. The molecular weight excluding hydrogens is 314 g/mol. The topological polar surface area (TPSA) is 39.1 Å². The van der Waals surface area contributed by atoms with Gasteiger partial charge >= 0.3 is 0 Å². The molecule has 138 valence electrons. The molecule has 0 aliphatic heterocycles.